The quantitative estimate of drug-likeness (QED) is 0.0320. The smallest absolute Gasteiger partial charge is 0.305 e. The van der Waals surface area contributed by atoms with Crippen LogP contribution in [0.5, 0.6) is 0 Å². The molecule has 0 saturated heterocycles. The van der Waals surface area contributed by atoms with E-state index in [2.05, 4.69) is 19.2 Å². The summed E-state index contributed by atoms with van der Waals surface area (Å²) in [6, 6.07) is -0.627. The van der Waals surface area contributed by atoms with Crippen LogP contribution in [-0.2, 0) is 14.3 Å². The van der Waals surface area contributed by atoms with E-state index in [4.69, 9.17) is 4.74 Å². The number of carbonyl (C=O) groups is 2. The summed E-state index contributed by atoms with van der Waals surface area (Å²) < 4.78 is 5.51. The van der Waals surface area contributed by atoms with Crippen LogP contribution in [0.2, 0.25) is 0 Å². The number of allylic oxidation sites excluding steroid dienone is 1. The number of unbranched alkanes of at least 4 members (excludes halogenated alkanes) is 55. The Morgan fingerprint density at radius 3 is 0.895 bits per heavy atom. The van der Waals surface area contributed by atoms with Crippen LogP contribution in [0.1, 0.15) is 399 Å². The summed E-state index contributed by atoms with van der Waals surface area (Å²) >= 11 is 0. The molecule has 0 radical (unpaired) electrons. The minimum absolute atomic E-state index is 0.0197. The molecule has 0 spiro atoms. The van der Waals surface area contributed by atoms with Gasteiger partial charge in [0.1, 0.15) is 0 Å². The number of hydrogen-bond acceptors (Lipinski definition) is 5. The zero-order chi connectivity index (χ0) is 55.0. The Kier molecular flexibility index (Phi) is 64.9. The first-order chi connectivity index (χ1) is 37.5. The lowest BCUT2D eigenvalue weighted by atomic mass is 10.0. The lowest BCUT2D eigenvalue weighted by molar-refractivity contribution is -0.143. The molecule has 0 bridgehead atoms. The van der Waals surface area contributed by atoms with Gasteiger partial charge in [-0.2, -0.15) is 0 Å². The van der Waals surface area contributed by atoms with Gasteiger partial charge in [0.15, 0.2) is 0 Å². The van der Waals surface area contributed by atoms with Gasteiger partial charge in [0.05, 0.1) is 25.4 Å². The van der Waals surface area contributed by atoms with Gasteiger partial charge in [-0.05, 0) is 32.1 Å². The lowest BCUT2D eigenvalue weighted by Crippen LogP contribution is -2.45. The Hall–Kier alpha value is -1.40. The molecule has 6 nitrogen and oxygen atoms in total. The van der Waals surface area contributed by atoms with Crippen LogP contribution in [0.3, 0.4) is 0 Å². The Balaban J connectivity index is 3.36. The van der Waals surface area contributed by atoms with Gasteiger partial charge in [0.25, 0.3) is 0 Å². The van der Waals surface area contributed by atoms with E-state index in [1.807, 2.05) is 6.08 Å². The van der Waals surface area contributed by atoms with Crippen LogP contribution in [0, 0.1) is 0 Å². The molecule has 0 aliphatic carbocycles. The Bertz CT molecular complexity index is 1140. The Morgan fingerprint density at radius 1 is 0.355 bits per heavy atom. The number of carbonyl (C=O) groups excluding carboxylic acids is 2. The van der Waals surface area contributed by atoms with Gasteiger partial charge in [0, 0.05) is 12.8 Å². The average Bonchev–Trinajstić information content (AvgIpc) is 3.42. The number of ether oxygens (including phenoxy) is 1. The third-order valence-electron chi connectivity index (χ3n) is 16.6. The predicted molar refractivity (Wildman–Crippen MR) is 333 cm³/mol. The average molecular weight is 1070 g/mol. The maximum atomic E-state index is 12.5. The van der Waals surface area contributed by atoms with Crippen LogP contribution in [0.15, 0.2) is 12.2 Å². The molecule has 0 aliphatic rings. The highest BCUT2D eigenvalue weighted by Gasteiger charge is 2.18. The molecule has 1 amide bonds. The van der Waals surface area contributed by atoms with Gasteiger partial charge in [0.2, 0.25) is 5.91 Å². The van der Waals surface area contributed by atoms with E-state index in [0.717, 1.165) is 38.5 Å². The summed E-state index contributed by atoms with van der Waals surface area (Å²) in [6.07, 6.45) is 81.4. The van der Waals surface area contributed by atoms with Crippen molar-refractivity contribution in [1.29, 1.82) is 0 Å². The van der Waals surface area contributed by atoms with E-state index >= 15 is 0 Å². The van der Waals surface area contributed by atoms with Crippen LogP contribution in [0.4, 0.5) is 0 Å². The van der Waals surface area contributed by atoms with Crippen molar-refractivity contribution in [3.8, 4) is 0 Å². The van der Waals surface area contributed by atoms with Gasteiger partial charge < -0.3 is 20.3 Å². The largest absolute Gasteiger partial charge is 0.466 e. The van der Waals surface area contributed by atoms with E-state index in [1.54, 1.807) is 6.08 Å². The summed E-state index contributed by atoms with van der Waals surface area (Å²) in [7, 11) is 0. The second kappa shape index (κ2) is 66.1. The fourth-order valence-corrected chi connectivity index (χ4v) is 11.2. The summed E-state index contributed by atoms with van der Waals surface area (Å²) in [4.78, 5) is 24.6. The van der Waals surface area contributed by atoms with Gasteiger partial charge in [-0.25, -0.2) is 0 Å². The number of amides is 1. The minimum atomic E-state index is -0.844. The number of esters is 1. The first-order valence-corrected chi connectivity index (χ1v) is 35.0. The maximum absolute atomic E-state index is 12.5. The topological polar surface area (TPSA) is 95.9 Å². The molecule has 2 unspecified atom stereocenters. The minimum Gasteiger partial charge on any atom is -0.466 e. The lowest BCUT2D eigenvalue weighted by Gasteiger charge is -2.20. The molecule has 452 valence electrons. The molecule has 0 aromatic carbocycles. The van der Waals surface area contributed by atoms with Crippen molar-refractivity contribution in [3.05, 3.63) is 12.2 Å². The predicted octanol–water partition coefficient (Wildman–Crippen LogP) is 22.4. The van der Waals surface area contributed by atoms with E-state index in [9.17, 15) is 19.8 Å². The molecule has 0 aromatic heterocycles. The van der Waals surface area contributed by atoms with Crippen molar-refractivity contribution in [3.63, 3.8) is 0 Å². The molecular weight excluding hydrogens is 935 g/mol. The van der Waals surface area contributed by atoms with Crippen molar-refractivity contribution in [2.45, 2.75) is 411 Å². The summed E-state index contributed by atoms with van der Waals surface area (Å²) in [5, 5.41) is 23.2. The molecule has 2 atom stereocenters. The van der Waals surface area contributed by atoms with Crippen molar-refractivity contribution in [2.24, 2.45) is 0 Å². The zero-order valence-corrected chi connectivity index (χ0v) is 51.8. The van der Waals surface area contributed by atoms with Gasteiger partial charge >= 0.3 is 5.97 Å². The first kappa shape index (κ1) is 74.6. The van der Waals surface area contributed by atoms with Crippen molar-refractivity contribution >= 4 is 11.9 Å². The monoisotopic (exact) mass is 1070 g/mol. The van der Waals surface area contributed by atoms with Gasteiger partial charge in [-0.1, -0.05) is 366 Å². The van der Waals surface area contributed by atoms with Crippen LogP contribution in [-0.4, -0.2) is 47.4 Å². The number of nitrogens with one attached hydrogen (secondary N) is 1. The number of rotatable bonds is 66. The molecule has 0 saturated carbocycles. The SMILES string of the molecule is CCCCCCCCCCCCCCCCC/C=C/C(O)C(CO)NC(=O)CCCCCCCCCCCCCCCCCCCCCCCCCOC(=O)CCCCCCCCCCCCCCCCCCCCC. The normalized spacial score (nSPS) is 12.5. The molecule has 0 aromatic rings. The molecule has 0 aliphatic heterocycles. The molecular formula is C70H137NO5. The highest BCUT2D eigenvalue weighted by atomic mass is 16.5. The second-order valence-corrected chi connectivity index (χ2v) is 24.2. The van der Waals surface area contributed by atoms with E-state index < -0.39 is 12.1 Å². The third-order valence-corrected chi connectivity index (χ3v) is 16.6. The first-order valence-electron chi connectivity index (χ1n) is 35.0. The van der Waals surface area contributed by atoms with Crippen LogP contribution < -0.4 is 5.32 Å². The number of aliphatic hydroxyl groups is 2. The number of hydrogen-bond donors (Lipinski definition) is 3. The third kappa shape index (κ3) is 61.8. The van der Waals surface area contributed by atoms with Crippen molar-refractivity contribution < 1.29 is 24.5 Å². The maximum Gasteiger partial charge on any atom is 0.305 e. The second-order valence-electron chi connectivity index (χ2n) is 24.2. The van der Waals surface area contributed by atoms with E-state index in [-0.39, 0.29) is 18.5 Å². The summed E-state index contributed by atoms with van der Waals surface area (Å²) in [6.45, 7) is 4.95. The molecule has 0 heterocycles. The van der Waals surface area contributed by atoms with Crippen LogP contribution in [0.25, 0.3) is 0 Å². The fraction of sp³-hybridized carbons (Fsp3) is 0.943. The van der Waals surface area contributed by atoms with Crippen molar-refractivity contribution in [2.75, 3.05) is 13.2 Å². The van der Waals surface area contributed by atoms with Gasteiger partial charge in [-0.15, -0.1) is 0 Å². The molecule has 0 fully saturated rings. The van der Waals surface area contributed by atoms with Crippen LogP contribution >= 0.6 is 0 Å². The standard InChI is InChI=1S/C70H137NO5/c1-3-5-7-9-11-13-15-17-19-21-27-32-36-40-44-48-52-56-60-64-70(75)76-65-61-57-53-49-45-41-37-33-29-26-24-22-23-25-28-31-35-39-43-47-51-55-59-63-69(74)71-67(66-72)68(73)62-58-54-50-46-42-38-34-30-20-18-16-14-12-10-8-6-4-2/h58,62,67-68,72-73H,3-57,59-61,63-66H2,1-2H3,(H,71,74)/b62-58+. The van der Waals surface area contributed by atoms with E-state index in [0.29, 0.717) is 19.4 Å². The van der Waals surface area contributed by atoms with Gasteiger partial charge in [-0.3, -0.25) is 9.59 Å². The molecule has 6 heteroatoms. The fourth-order valence-electron chi connectivity index (χ4n) is 11.2. The number of aliphatic hydroxyl groups excluding tert-OH is 2. The molecule has 76 heavy (non-hydrogen) atoms. The highest BCUT2D eigenvalue weighted by Crippen LogP contribution is 2.19. The summed E-state index contributed by atoms with van der Waals surface area (Å²) in [5.74, 6) is -0.0441. The van der Waals surface area contributed by atoms with Crippen molar-refractivity contribution in [1.82, 2.24) is 5.32 Å². The Labute approximate surface area is 476 Å². The Morgan fingerprint density at radius 2 is 0.605 bits per heavy atom. The zero-order valence-electron chi connectivity index (χ0n) is 51.8. The molecule has 3 N–H and O–H groups in total. The summed E-state index contributed by atoms with van der Waals surface area (Å²) in [5.41, 5.74) is 0. The highest BCUT2D eigenvalue weighted by molar-refractivity contribution is 5.76. The van der Waals surface area contributed by atoms with E-state index in [1.165, 1.54) is 334 Å². The molecule has 0 rings (SSSR count).